The number of hydrogen-bond donors (Lipinski definition) is 0. The van der Waals surface area contributed by atoms with Gasteiger partial charge in [-0.1, -0.05) is 48.0 Å². The van der Waals surface area contributed by atoms with E-state index in [2.05, 4.69) is 19.1 Å². The van der Waals surface area contributed by atoms with Crippen LogP contribution in [0.3, 0.4) is 0 Å². The molecule has 3 rings (SSSR count). The maximum absolute atomic E-state index is 13.0. The average molecular weight is 293 g/mol. The first-order valence-electron chi connectivity index (χ1n) is 8.06. The first-order valence-corrected chi connectivity index (χ1v) is 8.06. The molecule has 1 amide bonds. The maximum Gasteiger partial charge on any atom is 0.254 e. The van der Waals surface area contributed by atoms with E-state index in [1.54, 1.807) is 0 Å². The molecule has 0 bridgehead atoms. The number of rotatable bonds is 5. The second-order valence-corrected chi connectivity index (χ2v) is 6.37. The third kappa shape index (κ3) is 3.38. The van der Waals surface area contributed by atoms with Gasteiger partial charge in [0.15, 0.2) is 0 Å². The van der Waals surface area contributed by atoms with Gasteiger partial charge in [0.05, 0.1) is 0 Å². The van der Waals surface area contributed by atoms with Crippen LogP contribution in [0.1, 0.15) is 41.3 Å². The zero-order chi connectivity index (χ0) is 15.5. The predicted molar refractivity (Wildman–Crippen MR) is 89.7 cm³/mol. The highest BCUT2D eigenvalue weighted by Crippen LogP contribution is 2.36. The molecule has 1 aliphatic rings. The summed E-state index contributed by atoms with van der Waals surface area (Å²) >= 11 is 0. The highest BCUT2D eigenvalue weighted by molar-refractivity contribution is 5.94. The van der Waals surface area contributed by atoms with Gasteiger partial charge in [-0.3, -0.25) is 4.79 Å². The van der Waals surface area contributed by atoms with Crippen molar-refractivity contribution in [1.29, 1.82) is 0 Å². The Kier molecular flexibility index (Phi) is 4.28. The van der Waals surface area contributed by atoms with E-state index in [4.69, 9.17) is 0 Å². The van der Waals surface area contributed by atoms with Gasteiger partial charge in [-0.15, -0.1) is 0 Å². The molecule has 0 saturated heterocycles. The van der Waals surface area contributed by atoms with Crippen LogP contribution >= 0.6 is 0 Å². The van der Waals surface area contributed by atoms with Crippen molar-refractivity contribution in [2.24, 2.45) is 5.92 Å². The van der Waals surface area contributed by atoms with Crippen molar-refractivity contribution in [3.63, 3.8) is 0 Å². The van der Waals surface area contributed by atoms with Crippen LogP contribution in [-0.4, -0.2) is 16.8 Å². The summed E-state index contributed by atoms with van der Waals surface area (Å²) in [7, 11) is 0. The minimum absolute atomic E-state index is 0.145. The van der Waals surface area contributed by atoms with Crippen LogP contribution in [0.15, 0.2) is 54.6 Å². The molecule has 22 heavy (non-hydrogen) atoms. The van der Waals surface area contributed by atoms with E-state index in [0.717, 1.165) is 11.1 Å². The molecular formula is C20H23NO. The lowest BCUT2D eigenvalue weighted by Gasteiger charge is -2.30. The molecule has 1 unspecified atom stereocenters. The topological polar surface area (TPSA) is 20.3 Å². The maximum atomic E-state index is 13.0. The summed E-state index contributed by atoms with van der Waals surface area (Å²) in [6, 6.07) is 18.5. The number of amides is 1. The molecule has 0 radical (unpaired) electrons. The average Bonchev–Trinajstić information content (AvgIpc) is 3.37. The molecule has 114 valence electrons. The lowest BCUT2D eigenvalue weighted by molar-refractivity contribution is 0.0654. The summed E-state index contributed by atoms with van der Waals surface area (Å²) in [5, 5.41) is 0. The summed E-state index contributed by atoms with van der Waals surface area (Å²) in [6.07, 6.45) is 2.49. The third-order valence-corrected chi connectivity index (χ3v) is 4.52. The number of benzene rings is 2. The fourth-order valence-electron chi connectivity index (χ4n) is 2.96. The SMILES string of the molecule is Cc1cccc(C(=O)N(Cc2ccccc2)C(C)C2CC2)c1. The van der Waals surface area contributed by atoms with Crippen molar-refractivity contribution in [2.75, 3.05) is 0 Å². The summed E-state index contributed by atoms with van der Waals surface area (Å²) in [5.41, 5.74) is 3.11. The largest absolute Gasteiger partial charge is 0.331 e. The van der Waals surface area contributed by atoms with Crippen molar-refractivity contribution in [3.05, 3.63) is 71.3 Å². The summed E-state index contributed by atoms with van der Waals surface area (Å²) in [4.78, 5) is 15.0. The van der Waals surface area contributed by atoms with Crippen molar-refractivity contribution >= 4 is 5.91 Å². The first-order chi connectivity index (χ1) is 10.6. The van der Waals surface area contributed by atoms with Crippen LogP contribution in [0.25, 0.3) is 0 Å². The number of aryl methyl sites for hydroxylation is 1. The second-order valence-electron chi connectivity index (χ2n) is 6.37. The van der Waals surface area contributed by atoms with E-state index in [0.29, 0.717) is 18.5 Å². The summed E-state index contributed by atoms with van der Waals surface area (Å²) < 4.78 is 0. The molecular weight excluding hydrogens is 270 g/mol. The van der Waals surface area contributed by atoms with E-state index >= 15 is 0 Å². The van der Waals surface area contributed by atoms with Crippen LogP contribution in [0.5, 0.6) is 0 Å². The summed E-state index contributed by atoms with van der Waals surface area (Å²) in [6.45, 7) is 4.90. The van der Waals surface area contributed by atoms with Gasteiger partial charge >= 0.3 is 0 Å². The fourth-order valence-corrected chi connectivity index (χ4v) is 2.96. The smallest absolute Gasteiger partial charge is 0.254 e. The minimum Gasteiger partial charge on any atom is -0.331 e. The molecule has 1 atom stereocenters. The van der Waals surface area contributed by atoms with Gasteiger partial charge in [0.2, 0.25) is 0 Å². The lowest BCUT2D eigenvalue weighted by Crippen LogP contribution is -2.39. The van der Waals surface area contributed by atoms with Gasteiger partial charge in [0, 0.05) is 18.2 Å². The van der Waals surface area contributed by atoms with Crippen molar-refractivity contribution in [1.82, 2.24) is 4.90 Å². The number of carbonyl (C=O) groups excluding carboxylic acids is 1. The van der Waals surface area contributed by atoms with Crippen molar-refractivity contribution in [3.8, 4) is 0 Å². The standard InChI is InChI=1S/C20H23NO/c1-15-7-6-10-19(13-15)20(22)21(16(2)18-11-12-18)14-17-8-4-3-5-9-17/h3-10,13,16,18H,11-12,14H2,1-2H3. The van der Waals surface area contributed by atoms with Gasteiger partial charge in [-0.05, 0) is 50.3 Å². The Morgan fingerprint density at radius 2 is 1.86 bits per heavy atom. The molecule has 2 aromatic carbocycles. The van der Waals surface area contributed by atoms with Crippen LogP contribution in [-0.2, 0) is 6.54 Å². The highest BCUT2D eigenvalue weighted by atomic mass is 16.2. The number of hydrogen-bond acceptors (Lipinski definition) is 1. The number of nitrogens with zero attached hydrogens (tertiary/aromatic N) is 1. The van der Waals surface area contributed by atoms with Crippen LogP contribution in [0, 0.1) is 12.8 Å². The molecule has 2 heteroatoms. The molecule has 0 spiro atoms. The Hall–Kier alpha value is -2.09. The molecule has 0 aromatic heterocycles. The van der Waals surface area contributed by atoms with Gasteiger partial charge in [-0.2, -0.15) is 0 Å². The van der Waals surface area contributed by atoms with E-state index in [9.17, 15) is 4.79 Å². The molecule has 2 nitrogen and oxygen atoms in total. The first kappa shape index (κ1) is 14.8. The van der Waals surface area contributed by atoms with Crippen LogP contribution in [0.2, 0.25) is 0 Å². The molecule has 2 aromatic rings. The molecule has 1 aliphatic carbocycles. The Morgan fingerprint density at radius 3 is 2.50 bits per heavy atom. The second kappa shape index (κ2) is 6.35. The molecule has 0 N–H and O–H groups in total. The van der Waals surface area contributed by atoms with Crippen LogP contribution < -0.4 is 0 Å². The Balaban J connectivity index is 1.85. The molecule has 0 heterocycles. The zero-order valence-electron chi connectivity index (χ0n) is 13.3. The Labute approximate surface area is 132 Å². The minimum atomic E-state index is 0.145. The van der Waals surface area contributed by atoms with E-state index in [1.807, 2.05) is 54.3 Å². The van der Waals surface area contributed by atoms with E-state index in [1.165, 1.54) is 18.4 Å². The lowest BCUT2D eigenvalue weighted by atomic mass is 10.1. The molecule has 1 fully saturated rings. The molecule has 0 aliphatic heterocycles. The Bertz CT molecular complexity index is 646. The summed E-state index contributed by atoms with van der Waals surface area (Å²) in [5.74, 6) is 0.810. The van der Waals surface area contributed by atoms with E-state index in [-0.39, 0.29) is 5.91 Å². The van der Waals surface area contributed by atoms with Crippen molar-refractivity contribution < 1.29 is 4.79 Å². The Morgan fingerprint density at radius 1 is 1.14 bits per heavy atom. The van der Waals surface area contributed by atoms with Crippen LogP contribution in [0.4, 0.5) is 0 Å². The predicted octanol–water partition coefficient (Wildman–Crippen LogP) is 4.44. The van der Waals surface area contributed by atoms with Gasteiger partial charge in [-0.25, -0.2) is 0 Å². The monoisotopic (exact) mass is 293 g/mol. The van der Waals surface area contributed by atoms with Gasteiger partial charge < -0.3 is 4.90 Å². The van der Waals surface area contributed by atoms with Gasteiger partial charge in [0.1, 0.15) is 0 Å². The van der Waals surface area contributed by atoms with E-state index < -0.39 is 0 Å². The quantitative estimate of drug-likeness (QED) is 0.798. The molecule has 1 saturated carbocycles. The fraction of sp³-hybridized carbons (Fsp3) is 0.350. The van der Waals surface area contributed by atoms with Crippen molar-refractivity contribution in [2.45, 2.75) is 39.3 Å². The zero-order valence-corrected chi connectivity index (χ0v) is 13.3. The number of carbonyl (C=O) groups is 1. The normalized spacial score (nSPS) is 15.4. The highest BCUT2D eigenvalue weighted by Gasteiger charge is 2.34. The van der Waals surface area contributed by atoms with Gasteiger partial charge in [0.25, 0.3) is 5.91 Å². The third-order valence-electron chi connectivity index (χ3n) is 4.52.